The molecule has 0 radical (unpaired) electrons. The highest BCUT2D eigenvalue weighted by atomic mass is 32.2. The van der Waals surface area contributed by atoms with Gasteiger partial charge in [0.2, 0.25) is 0 Å². The standard InChI is InChI=1S/C16H22N2.2C7H8O3S/c1-3-9-17-11-5-15(6-12-17)16-7-13-18(10-4-2)14-8-16;2*1-6-2-4-7(5-3-6)11(8,9)10/h5-8,11-14H,3-4,9-10H2,1-2H3;2*2-5H,1H3,(H,8,9,10)/q+2;;/p-2. The number of hydrogen-bond acceptors (Lipinski definition) is 6. The quantitative estimate of drug-likeness (QED) is 0.232. The summed E-state index contributed by atoms with van der Waals surface area (Å²) in [6.45, 7) is 10.2. The fraction of sp³-hybridized carbons (Fsp3) is 0.267. The molecule has 0 aliphatic carbocycles. The molecule has 0 aliphatic heterocycles. The van der Waals surface area contributed by atoms with Gasteiger partial charge in [-0.05, 0) is 49.2 Å². The molecular weight excluding hydrogens is 548 g/mol. The molecule has 4 rings (SSSR count). The summed E-state index contributed by atoms with van der Waals surface area (Å²) >= 11 is 0. The third-order valence-electron chi connectivity index (χ3n) is 5.70. The lowest BCUT2D eigenvalue weighted by Crippen LogP contribution is -2.32. The van der Waals surface area contributed by atoms with Crippen LogP contribution in [0.15, 0.2) is 107 Å². The molecule has 40 heavy (non-hydrogen) atoms. The fourth-order valence-corrected chi connectivity index (χ4v) is 4.46. The van der Waals surface area contributed by atoms with E-state index in [1.54, 1.807) is 24.3 Å². The van der Waals surface area contributed by atoms with E-state index < -0.39 is 20.2 Å². The first-order valence-corrected chi connectivity index (χ1v) is 15.7. The SMILES string of the molecule is CCC[n+]1ccc(-c2cc[n+](CCC)cc2)cc1.Cc1ccc(S(=O)(=O)[O-])cc1.Cc1ccc(S(=O)(=O)[O-])cc1. The molecule has 0 bridgehead atoms. The number of rotatable bonds is 7. The van der Waals surface area contributed by atoms with Gasteiger partial charge in [0.05, 0.1) is 9.79 Å². The summed E-state index contributed by atoms with van der Waals surface area (Å²) in [5.41, 5.74) is 4.42. The molecule has 0 unspecified atom stereocenters. The van der Waals surface area contributed by atoms with Crippen LogP contribution in [0.4, 0.5) is 0 Å². The molecule has 214 valence electrons. The minimum Gasteiger partial charge on any atom is -0.744 e. The number of aryl methyl sites for hydroxylation is 4. The minimum absolute atomic E-state index is 0.178. The Hall–Kier alpha value is -3.44. The third kappa shape index (κ3) is 11.4. The van der Waals surface area contributed by atoms with Crippen molar-refractivity contribution in [3.63, 3.8) is 0 Å². The van der Waals surface area contributed by atoms with E-state index in [1.165, 1.54) is 48.2 Å². The molecule has 4 aromatic rings. The van der Waals surface area contributed by atoms with Crippen LogP contribution in [0.2, 0.25) is 0 Å². The van der Waals surface area contributed by atoms with Crippen LogP contribution in [-0.2, 0) is 33.3 Å². The van der Waals surface area contributed by atoms with Gasteiger partial charge in [0.15, 0.2) is 24.8 Å². The maximum atomic E-state index is 10.4. The Labute approximate surface area is 238 Å². The molecule has 10 heteroatoms. The predicted molar refractivity (Wildman–Crippen MR) is 151 cm³/mol. The number of aromatic nitrogens is 2. The van der Waals surface area contributed by atoms with Gasteiger partial charge in [-0.15, -0.1) is 0 Å². The molecule has 0 amide bonds. The van der Waals surface area contributed by atoms with Gasteiger partial charge < -0.3 is 9.11 Å². The monoisotopic (exact) mass is 584 g/mol. The van der Waals surface area contributed by atoms with Crippen molar-refractivity contribution in [1.82, 2.24) is 0 Å². The molecule has 2 aromatic carbocycles. The molecule has 0 N–H and O–H groups in total. The molecule has 0 saturated heterocycles. The van der Waals surface area contributed by atoms with Gasteiger partial charge in [-0.2, -0.15) is 0 Å². The molecular formula is C30H36N2O6S2. The molecule has 2 aromatic heterocycles. The van der Waals surface area contributed by atoms with Crippen LogP contribution in [0.1, 0.15) is 37.8 Å². The van der Waals surface area contributed by atoms with Gasteiger partial charge in [-0.25, -0.2) is 26.0 Å². The predicted octanol–water partition coefficient (Wildman–Crippen LogP) is 4.55. The Morgan fingerprint density at radius 1 is 0.525 bits per heavy atom. The van der Waals surface area contributed by atoms with Crippen molar-refractivity contribution in [2.45, 2.75) is 63.4 Å². The summed E-state index contributed by atoms with van der Waals surface area (Å²) in [6.07, 6.45) is 11.0. The lowest BCUT2D eigenvalue weighted by molar-refractivity contribution is -0.697. The summed E-state index contributed by atoms with van der Waals surface area (Å²) in [7, 11) is -8.54. The molecule has 0 atom stereocenters. The zero-order valence-corrected chi connectivity index (χ0v) is 24.9. The highest BCUT2D eigenvalue weighted by Gasteiger charge is 2.04. The lowest BCUT2D eigenvalue weighted by atomic mass is 10.1. The van der Waals surface area contributed by atoms with Crippen molar-refractivity contribution >= 4 is 20.2 Å². The van der Waals surface area contributed by atoms with E-state index in [4.69, 9.17) is 0 Å². The topological polar surface area (TPSA) is 122 Å². The smallest absolute Gasteiger partial charge is 0.169 e. The van der Waals surface area contributed by atoms with Crippen LogP contribution >= 0.6 is 0 Å². The lowest BCUT2D eigenvalue weighted by Gasteiger charge is -2.05. The normalized spacial score (nSPS) is 11.1. The Kier molecular flexibility index (Phi) is 12.6. The van der Waals surface area contributed by atoms with Crippen LogP contribution in [-0.4, -0.2) is 25.9 Å². The Bertz CT molecular complexity index is 1410. The highest BCUT2D eigenvalue weighted by molar-refractivity contribution is 7.86. The zero-order valence-electron chi connectivity index (χ0n) is 23.2. The molecule has 0 fully saturated rings. The average molecular weight is 585 g/mol. The molecule has 0 spiro atoms. The van der Waals surface area contributed by atoms with E-state index in [1.807, 2.05) is 13.8 Å². The highest BCUT2D eigenvalue weighted by Crippen LogP contribution is 2.15. The molecule has 0 saturated carbocycles. The summed E-state index contributed by atoms with van der Waals surface area (Å²) in [5, 5.41) is 0. The van der Waals surface area contributed by atoms with Gasteiger partial charge in [-0.3, -0.25) is 0 Å². The van der Waals surface area contributed by atoms with E-state index in [0.717, 1.165) is 24.2 Å². The van der Waals surface area contributed by atoms with Gasteiger partial charge in [-0.1, -0.05) is 49.2 Å². The van der Waals surface area contributed by atoms with Crippen molar-refractivity contribution in [2.24, 2.45) is 0 Å². The first-order valence-electron chi connectivity index (χ1n) is 12.9. The van der Waals surface area contributed by atoms with Crippen molar-refractivity contribution in [1.29, 1.82) is 0 Å². The van der Waals surface area contributed by atoms with Crippen LogP contribution in [0, 0.1) is 13.8 Å². The summed E-state index contributed by atoms with van der Waals surface area (Å²) < 4.78 is 66.8. The van der Waals surface area contributed by atoms with Crippen LogP contribution in [0.25, 0.3) is 11.1 Å². The van der Waals surface area contributed by atoms with Crippen molar-refractivity contribution in [3.05, 3.63) is 109 Å². The zero-order chi connectivity index (χ0) is 29.8. The number of benzene rings is 2. The average Bonchev–Trinajstić information content (AvgIpc) is 2.90. The third-order valence-corrected chi connectivity index (χ3v) is 7.40. The largest absolute Gasteiger partial charge is 0.744 e. The number of pyridine rings is 2. The summed E-state index contributed by atoms with van der Waals surface area (Å²) in [4.78, 5) is -0.355. The number of nitrogens with zero attached hydrogens (tertiary/aromatic N) is 2. The van der Waals surface area contributed by atoms with Crippen LogP contribution in [0.3, 0.4) is 0 Å². The Balaban J connectivity index is 0.000000222. The number of hydrogen-bond donors (Lipinski definition) is 0. The van der Waals surface area contributed by atoms with E-state index in [9.17, 15) is 25.9 Å². The van der Waals surface area contributed by atoms with Crippen molar-refractivity contribution < 1.29 is 35.1 Å². The fourth-order valence-electron chi connectivity index (χ4n) is 3.52. The first-order chi connectivity index (χ1) is 18.8. The molecule has 2 heterocycles. The first kappa shape index (κ1) is 32.8. The van der Waals surface area contributed by atoms with Crippen molar-refractivity contribution in [2.75, 3.05) is 0 Å². The van der Waals surface area contributed by atoms with Crippen molar-refractivity contribution in [3.8, 4) is 11.1 Å². The Morgan fingerprint density at radius 2 is 0.800 bits per heavy atom. The van der Waals surface area contributed by atoms with Crippen LogP contribution < -0.4 is 9.13 Å². The second-order valence-electron chi connectivity index (χ2n) is 9.18. The second-order valence-corrected chi connectivity index (χ2v) is 11.9. The van der Waals surface area contributed by atoms with E-state index in [-0.39, 0.29) is 9.79 Å². The maximum absolute atomic E-state index is 10.4. The van der Waals surface area contributed by atoms with E-state index in [0.29, 0.717) is 0 Å². The molecule has 0 aliphatic rings. The summed E-state index contributed by atoms with van der Waals surface area (Å²) in [6, 6.07) is 20.3. The van der Waals surface area contributed by atoms with Gasteiger partial charge in [0, 0.05) is 37.1 Å². The van der Waals surface area contributed by atoms with Crippen LogP contribution in [0.5, 0.6) is 0 Å². The van der Waals surface area contributed by atoms with Gasteiger partial charge >= 0.3 is 0 Å². The summed E-state index contributed by atoms with van der Waals surface area (Å²) in [5.74, 6) is 0. The van der Waals surface area contributed by atoms with Gasteiger partial charge in [0.1, 0.15) is 33.3 Å². The second kappa shape index (κ2) is 15.4. The van der Waals surface area contributed by atoms with Gasteiger partial charge in [0.25, 0.3) is 0 Å². The molecule has 8 nitrogen and oxygen atoms in total. The minimum atomic E-state index is -4.27. The maximum Gasteiger partial charge on any atom is 0.169 e. The van der Waals surface area contributed by atoms with E-state index >= 15 is 0 Å². The Morgan fingerprint density at radius 3 is 1.02 bits per heavy atom. The van der Waals surface area contributed by atoms with E-state index in [2.05, 4.69) is 72.0 Å².